The van der Waals surface area contributed by atoms with Crippen LogP contribution in [0, 0.1) is 5.92 Å². The van der Waals surface area contributed by atoms with Crippen molar-refractivity contribution in [3.63, 3.8) is 0 Å². The molecule has 92 valence electrons. The summed E-state index contributed by atoms with van der Waals surface area (Å²) >= 11 is 0. The topological polar surface area (TPSA) is 50.4 Å². The molecule has 4 heteroatoms. The molecule has 1 aromatic rings. The van der Waals surface area contributed by atoms with Gasteiger partial charge in [-0.05, 0) is 12.0 Å². The van der Waals surface area contributed by atoms with Crippen LogP contribution in [0.1, 0.15) is 18.5 Å². The van der Waals surface area contributed by atoms with Crippen LogP contribution in [0.25, 0.3) is 0 Å². The molecule has 17 heavy (non-hydrogen) atoms. The summed E-state index contributed by atoms with van der Waals surface area (Å²) in [5, 5.41) is 6.15. The van der Waals surface area contributed by atoms with E-state index in [-0.39, 0.29) is 11.9 Å². The molecular weight excluding hydrogens is 216 g/mol. The zero-order valence-electron chi connectivity index (χ0n) is 10.2. The predicted octanol–water partition coefficient (Wildman–Crippen LogP) is 1.55. The molecule has 2 atom stereocenters. The summed E-state index contributed by atoms with van der Waals surface area (Å²) in [5.41, 5.74) is 1.94. The second-order valence-electron chi connectivity index (χ2n) is 4.48. The second kappa shape index (κ2) is 5.29. The minimum atomic E-state index is -0.231. The normalized spacial score (nSPS) is 19.9. The Labute approximate surface area is 101 Å². The Morgan fingerprint density at radius 3 is 3.00 bits per heavy atom. The summed E-state index contributed by atoms with van der Waals surface area (Å²) in [7, 11) is 1.69. The number of rotatable bonds is 5. The van der Waals surface area contributed by atoms with Crippen LogP contribution in [0.3, 0.4) is 0 Å². The highest BCUT2D eigenvalue weighted by molar-refractivity contribution is 6.02. The number of hydrogen-bond donors (Lipinski definition) is 2. The summed E-state index contributed by atoms with van der Waals surface area (Å²) in [6.45, 7) is 3.55. The van der Waals surface area contributed by atoms with Gasteiger partial charge in [0, 0.05) is 31.5 Å². The van der Waals surface area contributed by atoms with E-state index in [0.717, 1.165) is 17.8 Å². The van der Waals surface area contributed by atoms with Crippen molar-refractivity contribution in [2.75, 3.05) is 25.6 Å². The van der Waals surface area contributed by atoms with E-state index in [1.165, 1.54) is 0 Å². The van der Waals surface area contributed by atoms with Gasteiger partial charge in [0.2, 0.25) is 5.91 Å². The lowest BCUT2D eigenvalue weighted by atomic mass is 10.1. The van der Waals surface area contributed by atoms with Crippen molar-refractivity contribution in [3.8, 4) is 0 Å². The van der Waals surface area contributed by atoms with E-state index in [1.807, 2.05) is 24.3 Å². The number of ether oxygens (including phenoxy) is 1. The Hall–Kier alpha value is -1.39. The highest BCUT2D eigenvalue weighted by Gasteiger charge is 2.29. The van der Waals surface area contributed by atoms with Gasteiger partial charge in [-0.1, -0.05) is 25.1 Å². The number of para-hydroxylation sites is 1. The van der Waals surface area contributed by atoms with Crippen molar-refractivity contribution in [2.45, 2.75) is 13.0 Å². The standard InChI is InChI=1S/C13H18N2O2/c1-9(8-17-2)7-14-12-10-5-3-4-6-11(10)15-13(12)16/h3-6,9,12,14H,7-8H2,1-2H3,(H,15,16). The number of methoxy groups -OCH3 is 1. The minimum Gasteiger partial charge on any atom is -0.384 e. The van der Waals surface area contributed by atoms with Crippen molar-refractivity contribution in [3.05, 3.63) is 29.8 Å². The van der Waals surface area contributed by atoms with Gasteiger partial charge in [0.15, 0.2) is 0 Å². The number of carbonyl (C=O) groups is 1. The average Bonchev–Trinajstić information content (AvgIpc) is 2.62. The summed E-state index contributed by atoms with van der Waals surface area (Å²) in [6, 6.07) is 7.55. The third kappa shape index (κ3) is 2.65. The molecule has 0 radical (unpaired) electrons. The van der Waals surface area contributed by atoms with Gasteiger partial charge in [-0.25, -0.2) is 0 Å². The molecule has 0 aromatic heterocycles. The molecule has 0 spiro atoms. The van der Waals surface area contributed by atoms with Gasteiger partial charge >= 0.3 is 0 Å². The first-order chi connectivity index (χ1) is 8.22. The highest BCUT2D eigenvalue weighted by atomic mass is 16.5. The number of anilines is 1. The predicted molar refractivity (Wildman–Crippen MR) is 66.9 cm³/mol. The molecule has 2 unspecified atom stereocenters. The molecule has 0 saturated carbocycles. The van der Waals surface area contributed by atoms with Gasteiger partial charge in [-0.2, -0.15) is 0 Å². The third-order valence-electron chi connectivity index (χ3n) is 2.91. The molecule has 2 rings (SSSR count). The van der Waals surface area contributed by atoms with Gasteiger partial charge in [-0.15, -0.1) is 0 Å². The van der Waals surface area contributed by atoms with E-state index in [2.05, 4.69) is 17.6 Å². The average molecular weight is 234 g/mol. The van der Waals surface area contributed by atoms with Crippen molar-refractivity contribution >= 4 is 11.6 Å². The first kappa shape index (κ1) is 12.1. The molecule has 1 aliphatic heterocycles. The molecule has 4 nitrogen and oxygen atoms in total. The van der Waals surface area contributed by atoms with Gasteiger partial charge in [0.05, 0.1) is 0 Å². The van der Waals surface area contributed by atoms with E-state index in [0.29, 0.717) is 12.5 Å². The molecule has 0 saturated heterocycles. The SMILES string of the molecule is COCC(C)CNC1C(=O)Nc2ccccc21. The number of benzene rings is 1. The summed E-state index contributed by atoms with van der Waals surface area (Å²) in [4.78, 5) is 11.8. The summed E-state index contributed by atoms with van der Waals surface area (Å²) < 4.78 is 5.07. The zero-order chi connectivity index (χ0) is 12.3. The van der Waals surface area contributed by atoms with E-state index in [1.54, 1.807) is 7.11 Å². The van der Waals surface area contributed by atoms with Crippen LogP contribution < -0.4 is 10.6 Å². The Kier molecular flexibility index (Phi) is 3.76. The van der Waals surface area contributed by atoms with Gasteiger partial charge in [-0.3, -0.25) is 4.79 Å². The summed E-state index contributed by atoms with van der Waals surface area (Å²) in [6.07, 6.45) is 0. The van der Waals surface area contributed by atoms with Crippen LogP contribution in [0.4, 0.5) is 5.69 Å². The Balaban J connectivity index is 1.99. The Bertz CT molecular complexity index is 406. The molecular formula is C13H18N2O2. The molecule has 0 fully saturated rings. The molecule has 2 N–H and O–H groups in total. The van der Waals surface area contributed by atoms with Crippen molar-refractivity contribution in [1.29, 1.82) is 0 Å². The minimum absolute atomic E-state index is 0.0239. The van der Waals surface area contributed by atoms with Crippen molar-refractivity contribution in [2.24, 2.45) is 5.92 Å². The van der Waals surface area contributed by atoms with Gasteiger partial charge in [0.25, 0.3) is 0 Å². The maximum atomic E-state index is 11.8. The lowest BCUT2D eigenvalue weighted by Gasteiger charge is -2.15. The van der Waals surface area contributed by atoms with Crippen molar-refractivity contribution < 1.29 is 9.53 Å². The van der Waals surface area contributed by atoms with Gasteiger partial charge in [0.1, 0.15) is 6.04 Å². The van der Waals surface area contributed by atoms with Crippen LogP contribution in [0.15, 0.2) is 24.3 Å². The van der Waals surface area contributed by atoms with E-state index >= 15 is 0 Å². The number of amides is 1. The number of carbonyl (C=O) groups excluding carboxylic acids is 1. The van der Waals surface area contributed by atoms with Crippen LogP contribution in [-0.2, 0) is 9.53 Å². The Morgan fingerprint density at radius 1 is 1.47 bits per heavy atom. The second-order valence-corrected chi connectivity index (χ2v) is 4.48. The van der Waals surface area contributed by atoms with Crippen LogP contribution in [0.5, 0.6) is 0 Å². The first-order valence-corrected chi connectivity index (χ1v) is 5.84. The van der Waals surface area contributed by atoms with E-state index in [9.17, 15) is 4.79 Å². The van der Waals surface area contributed by atoms with Crippen LogP contribution in [0.2, 0.25) is 0 Å². The molecule has 1 aromatic carbocycles. The van der Waals surface area contributed by atoms with Crippen LogP contribution in [-0.4, -0.2) is 26.2 Å². The Morgan fingerprint density at radius 2 is 2.24 bits per heavy atom. The van der Waals surface area contributed by atoms with E-state index in [4.69, 9.17) is 4.74 Å². The lowest BCUT2D eigenvalue weighted by Crippen LogP contribution is -2.32. The fraction of sp³-hybridized carbons (Fsp3) is 0.462. The molecule has 1 heterocycles. The van der Waals surface area contributed by atoms with Crippen LogP contribution >= 0.6 is 0 Å². The maximum absolute atomic E-state index is 11.8. The smallest absolute Gasteiger partial charge is 0.246 e. The molecule has 1 amide bonds. The largest absolute Gasteiger partial charge is 0.384 e. The number of fused-ring (bicyclic) bond motifs is 1. The monoisotopic (exact) mass is 234 g/mol. The number of hydrogen-bond acceptors (Lipinski definition) is 3. The molecule has 0 bridgehead atoms. The molecule has 0 aliphatic carbocycles. The van der Waals surface area contributed by atoms with Gasteiger partial charge < -0.3 is 15.4 Å². The maximum Gasteiger partial charge on any atom is 0.246 e. The fourth-order valence-corrected chi connectivity index (χ4v) is 2.07. The highest BCUT2D eigenvalue weighted by Crippen LogP contribution is 2.30. The zero-order valence-corrected chi connectivity index (χ0v) is 10.2. The first-order valence-electron chi connectivity index (χ1n) is 5.84. The molecule has 1 aliphatic rings. The van der Waals surface area contributed by atoms with E-state index < -0.39 is 0 Å². The third-order valence-corrected chi connectivity index (χ3v) is 2.91. The quantitative estimate of drug-likeness (QED) is 0.812. The lowest BCUT2D eigenvalue weighted by molar-refractivity contribution is -0.117. The van der Waals surface area contributed by atoms with Crippen molar-refractivity contribution in [1.82, 2.24) is 5.32 Å². The summed E-state index contributed by atoms with van der Waals surface area (Å²) in [5.74, 6) is 0.413. The number of nitrogens with one attached hydrogen (secondary N) is 2. The fourth-order valence-electron chi connectivity index (χ4n) is 2.07.